The minimum absolute atomic E-state index is 0.0144. The fourth-order valence-electron chi connectivity index (χ4n) is 10.1. The van der Waals surface area contributed by atoms with Crippen molar-refractivity contribution >= 4 is 74.2 Å². The molecule has 10 aromatic rings. The van der Waals surface area contributed by atoms with Gasteiger partial charge in [-0.3, -0.25) is 29.2 Å². The number of ether oxygens (including phenoxy) is 4. The van der Waals surface area contributed by atoms with Crippen LogP contribution in [0.4, 0.5) is 0 Å². The first-order valence-corrected chi connectivity index (χ1v) is 34.2. The number of phenols is 1. The van der Waals surface area contributed by atoms with Crippen molar-refractivity contribution in [2.45, 2.75) is 18.5 Å². The van der Waals surface area contributed by atoms with Crippen LogP contribution in [-0.2, 0) is 15.9 Å². The number of aromatic carboxylic acids is 1. The van der Waals surface area contributed by atoms with Crippen LogP contribution in [-0.4, -0.2) is 205 Å². The molecule has 14 rings (SSSR count). The first-order valence-electron chi connectivity index (χ1n) is 31.7. The Morgan fingerprint density at radius 2 is 0.910 bits per heavy atom. The van der Waals surface area contributed by atoms with E-state index in [9.17, 15) is 28.8 Å². The predicted octanol–water partition coefficient (Wildman–Crippen LogP) is 10.5. The van der Waals surface area contributed by atoms with E-state index in [1.54, 1.807) is 104 Å². The highest BCUT2D eigenvalue weighted by Crippen LogP contribution is 2.25. The van der Waals surface area contributed by atoms with E-state index >= 15 is 0 Å². The number of hydrogen-bond donors (Lipinski definition) is 3. The number of piperazine rings is 2. The van der Waals surface area contributed by atoms with Crippen LogP contribution in [0.25, 0.3) is 0 Å². The molecule has 0 saturated carbocycles. The van der Waals surface area contributed by atoms with E-state index in [-0.39, 0.29) is 35.0 Å². The molecule has 3 amide bonds. The van der Waals surface area contributed by atoms with E-state index < -0.39 is 11.9 Å². The van der Waals surface area contributed by atoms with Gasteiger partial charge >= 0.3 is 17.9 Å². The van der Waals surface area contributed by atoms with Crippen molar-refractivity contribution in [1.82, 2.24) is 59.7 Å². The summed E-state index contributed by atoms with van der Waals surface area (Å²) in [7, 11) is 2.69. The highest BCUT2D eigenvalue weighted by molar-refractivity contribution is 9.10. The van der Waals surface area contributed by atoms with Crippen LogP contribution < -0.4 is 14.8 Å². The highest BCUT2D eigenvalue weighted by atomic mass is 79.9. The average molecular weight is 1450 g/mol. The van der Waals surface area contributed by atoms with Gasteiger partial charge in [0.05, 0.1) is 30.9 Å². The molecule has 0 radical (unpaired) electrons. The Balaban J connectivity index is 0.000000149. The molecule has 27 heteroatoms. The van der Waals surface area contributed by atoms with Crippen LogP contribution in [0.15, 0.2) is 222 Å². The number of carbonyl (C=O) groups is 6. The van der Waals surface area contributed by atoms with Crippen LogP contribution in [0.5, 0.6) is 29.0 Å². The SMILES string of the molecule is Brc1ccccn1.COC(=O)c1ccc(Cc2ccccn2)cc1.COC(=O)c1ccc(O)cc1.O=C(O)c1ccc(Oc2ccccn2)cc1.O=C(c1ccc(Oc2ccccn2)cc1)N1CC(N2CCN(C(=O)c3nccs3)CC2)C1.O=C(c1nccs1)N1CCN(C2CNC2)CC1. The monoisotopic (exact) mass is 1450 g/mol. The number of nitrogens with one attached hydrogen (secondary N) is 1. The molecule has 516 valence electrons. The fourth-order valence-corrected chi connectivity index (χ4v) is 11.6. The fraction of sp³-hybridized carbons (Fsp3) is 0.233. The summed E-state index contributed by atoms with van der Waals surface area (Å²) < 4.78 is 21.1. The summed E-state index contributed by atoms with van der Waals surface area (Å²) in [6.45, 7) is 10.3. The maximum atomic E-state index is 12.8. The normalized spacial score (nSPS) is 14.2. The van der Waals surface area contributed by atoms with Crippen LogP contribution in [0.1, 0.15) is 72.3 Å². The van der Waals surface area contributed by atoms with E-state index in [4.69, 9.17) is 19.7 Å². The Morgan fingerprint density at radius 1 is 0.470 bits per heavy atom. The standard InChI is InChI=1S/C23H23N5O3S.C14H13NO2.C12H9NO3.C11H16N4OS.C8H8O3.C5H4BrN/c29-22(17-4-6-19(7-5-17)31-20-3-1-2-8-24-20)28-15-18(16-28)26-10-12-27(13-11-26)23(30)21-25-9-14-32-21;1-17-14(16)12-7-5-11(6-8-12)10-13-4-2-3-9-15-13;14-12(15)9-4-6-10(7-5-9)16-11-3-1-2-8-13-11;16-11(10-13-1-6-17-10)15-4-2-14(3-5-15)9-7-12-8-9;1-11-8(10)6-2-4-7(9)5-3-6;6-5-3-1-2-4-7-5/h1-9,14,18H,10-13,15-16H2;2-9H,10H2,1H3;1-8H,(H,14,15);1,6,9,12H,2-5,7-8H2;2-5,9H,1H3;1-4H. The number of aromatic nitrogens is 6. The first kappa shape index (κ1) is 73.6. The van der Waals surface area contributed by atoms with Gasteiger partial charge in [-0.25, -0.2) is 39.3 Å². The van der Waals surface area contributed by atoms with E-state index in [2.05, 4.69) is 70.4 Å². The number of benzene rings is 4. The van der Waals surface area contributed by atoms with Gasteiger partial charge in [0.2, 0.25) is 11.8 Å². The molecular weight excluding hydrogens is 1380 g/mol. The Hall–Kier alpha value is -10.7. The summed E-state index contributed by atoms with van der Waals surface area (Å²) in [6, 6.07) is 49.9. The topological polar surface area (TPSA) is 285 Å². The zero-order valence-electron chi connectivity index (χ0n) is 54.7. The van der Waals surface area contributed by atoms with Gasteiger partial charge in [-0.2, -0.15) is 0 Å². The Labute approximate surface area is 594 Å². The molecule has 0 spiro atoms. The lowest BCUT2D eigenvalue weighted by molar-refractivity contribution is 0.00850. The molecule has 4 saturated heterocycles. The number of hydrogen-bond acceptors (Lipinski definition) is 22. The lowest BCUT2D eigenvalue weighted by Crippen LogP contribution is -2.64. The lowest BCUT2D eigenvalue weighted by atomic mass is 10.0. The number of phenolic OH excluding ortho intramolecular Hbond substituents is 1. The zero-order chi connectivity index (χ0) is 70.4. The number of nitrogens with zero attached hydrogens (tertiary/aromatic N) is 11. The summed E-state index contributed by atoms with van der Waals surface area (Å²) in [6.07, 6.45) is 10.9. The van der Waals surface area contributed by atoms with Crippen LogP contribution in [0.2, 0.25) is 0 Å². The van der Waals surface area contributed by atoms with Gasteiger partial charge < -0.3 is 49.2 Å². The highest BCUT2D eigenvalue weighted by Gasteiger charge is 2.37. The average Bonchev–Trinajstić information content (AvgIpc) is 0.924. The molecule has 6 aromatic heterocycles. The lowest BCUT2D eigenvalue weighted by Gasteiger charge is -2.48. The first-order chi connectivity index (χ1) is 48.7. The minimum atomic E-state index is -0.954. The number of halogens is 1. The molecule has 4 fully saturated rings. The number of pyridine rings is 4. The molecule has 10 heterocycles. The Bertz CT molecular complexity index is 4120. The number of carboxylic acid groups (broad SMARTS) is 1. The van der Waals surface area contributed by atoms with E-state index in [0.29, 0.717) is 88.2 Å². The van der Waals surface area contributed by atoms with Crippen LogP contribution >= 0.6 is 38.6 Å². The summed E-state index contributed by atoms with van der Waals surface area (Å²) in [5.74, 6) is 0.809. The van der Waals surface area contributed by atoms with Gasteiger partial charge in [0.25, 0.3) is 17.7 Å². The number of rotatable bonds is 14. The summed E-state index contributed by atoms with van der Waals surface area (Å²) in [4.78, 5) is 105. The van der Waals surface area contributed by atoms with E-state index in [1.807, 2.05) is 92.2 Å². The molecule has 0 atom stereocenters. The maximum absolute atomic E-state index is 12.8. The van der Waals surface area contributed by atoms with Gasteiger partial charge in [0, 0.05) is 168 Å². The molecule has 3 N–H and O–H groups in total. The molecular formula is C73H73BrN12O12S2. The number of carboxylic acids is 1. The van der Waals surface area contributed by atoms with Gasteiger partial charge in [0.15, 0.2) is 10.0 Å². The van der Waals surface area contributed by atoms with Gasteiger partial charge in [0.1, 0.15) is 21.9 Å². The predicted molar refractivity (Wildman–Crippen MR) is 380 cm³/mol. The minimum Gasteiger partial charge on any atom is -0.508 e. The zero-order valence-corrected chi connectivity index (χ0v) is 57.9. The molecule has 0 unspecified atom stereocenters. The second-order valence-corrected chi connectivity index (χ2v) is 24.9. The second-order valence-electron chi connectivity index (χ2n) is 22.3. The molecule has 0 aliphatic carbocycles. The molecule has 4 aliphatic rings. The largest absolute Gasteiger partial charge is 0.508 e. The van der Waals surface area contributed by atoms with Gasteiger partial charge in [-0.15, -0.1) is 22.7 Å². The molecule has 0 bridgehead atoms. The van der Waals surface area contributed by atoms with Crippen molar-refractivity contribution in [3.05, 3.63) is 266 Å². The summed E-state index contributed by atoms with van der Waals surface area (Å²) in [5.41, 5.74) is 4.02. The molecule has 24 nitrogen and oxygen atoms in total. The van der Waals surface area contributed by atoms with Gasteiger partial charge in [-0.1, -0.05) is 36.4 Å². The molecule has 100 heavy (non-hydrogen) atoms. The number of aromatic hydroxyl groups is 1. The van der Waals surface area contributed by atoms with E-state index in [1.165, 1.54) is 73.3 Å². The molecule has 4 aliphatic heterocycles. The van der Waals surface area contributed by atoms with Crippen molar-refractivity contribution in [3.8, 4) is 29.0 Å². The van der Waals surface area contributed by atoms with Crippen molar-refractivity contribution in [1.29, 1.82) is 0 Å². The second kappa shape index (κ2) is 38.5. The van der Waals surface area contributed by atoms with Crippen molar-refractivity contribution in [2.24, 2.45) is 0 Å². The van der Waals surface area contributed by atoms with Crippen LogP contribution in [0.3, 0.4) is 0 Å². The number of carbonyl (C=O) groups excluding carboxylic acids is 5. The number of likely N-dealkylation sites (tertiary alicyclic amines) is 1. The quantitative estimate of drug-likeness (QED) is 0.0673. The third-order valence-electron chi connectivity index (χ3n) is 15.7. The maximum Gasteiger partial charge on any atom is 0.337 e. The summed E-state index contributed by atoms with van der Waals surface area (Å²) in [5, 5.41) is 25.7. The van der Waals surface area contributed by atoms with Gasteiger partial charge in [-0.05, 0) is 143 Å². The summed E-state index contributed by atoms with van der Waals surface area (Å²) >= 11 is 6.00. The number of amides is 3. The van der Waals surface area contributed by atoms with E-state index in [0.717, 1.165) is 74.6 Å². The Kier molecular flexibility index (Phi) is 28.3. The molecule has 4 aromatic carbocycles. The Morgan fingerprint density at radius 3 is 1.29 bits per heavy atom. The van der Waals surface area contributed by atoms with Crippen molar-refractivity contribution in [2.75, 3.05) is 92.8 Å². The third kappa shape index (κ3) is 22.7. The van der Waals surface area contributed by atoms with Crippen molar-refractivity contribution in [3.63, 3.8) is 0 Å². The smallest absolute Gasteiger partial charge is 0.337 e. The number of thiazole rings is 2. The van der Waals surface area contributed by atoms with Crippen LogP contribution in [0, 0.1) is 0 Å². The third-order valence-corrected chi connectivity index (χ3v) is 17.7. The number of methoxy groups -OCH3 is 2. The number of esters is 2. The van der Waals surface area contributed by atoms with Crippen molar-refractivity contribution < 1.29 is 57.9 Å².